The first kappa shape index (κ1) is 12.8. The van der Waals surface area contributed by atoms with Gasteiger partial charge in [-0.15, -0.1) is 0 Å². The zero-order chi connectivity index (χ0) is 12.3. The number of amides is 1. The monoisotopic (exact) mass is 239 g/mol. The lowest BCUT2D eigenvalue weighted by atomic mass is 10.2. The number of likely N-dealkylation sites (tertiary alicyclic amines) is 1. The Morgan fingerprint density at radius 2 is 2.00 bits per heavy atom. The van der Waals surface area contributed by atoms with Gasteiger partial charge in [0, 0.05) is 6.54 Å². The number of nitrogens with one attached hydrogen (secondary N) is 1. The molecule has 4 nitrogen and oxygen atoms in total. The van der Waals surface area contributed by atoms with Gasteiger partial charge in [-0.25, -0.2) is 0 Å². The van der Waals surface area contributed by atoms with Crippen molar-refractivity contribution in [1.29, 1.82) is 0 Å². The summed E-state index contributed by atoms with van der Waals surface area (Å²) in [6.45, 7) is 8.70. The number of rotatable bonds is 5. The molecule has 2 fully saturated rings. The van der Waals surface area contributed by atoms with Crippen molar-refractivity contribution in [1.82, 2.24) is 15.1 Å². The first-order valence-corrected chi connectivity index (χ1v) is 7.01. The van der Waals surface area contributed by atoms with Crippen molar-refractivity contribution in [2.75, 3.05) is 26.2 Å². The van der Waals surface area contributed by atoms with Crippen molar-refractivity contribution in [3.05, 3.63) is 0 Å². The summed E-state index contributed by atoms with van der Waals surface area (Å²) in [5.41, 5.74) is 0. The van der Waals surface area contributed by atoms with Gasteiger partial charge >= 0.3 is 0 Å². The van der Waals surface area contributed by atoms with E-state index in [2.05, 4.69) is 24.1 Å². The van der Waals surface area contributed by atoms with Gasteiger partial charge in [-0.2, -0.15) is 0 Å². The molecule has 0 aromatic heterocycles. The van der Waals surface area contributed by atoms with E-state index in [9.17, 15) is 4.79 Å². The third-order valence-corrected chi connectivity index (χ3v) is 3.97. The molecule has 0 aliphatic carbocycles. The molecule has 2 aliphatic rings. The van der Waals surface area contributed by atoms with Crippen LogP contribution in [0.25, 0.3) is 0 Å². The Balaban J connectivity index is 1.72. The molecule has 0 spiro atoms. The number of hydrogen-bond donors (Lipinski definition) is 1. The third kappa shape index (κ3) is 2.99. The summed E-state index contributed by atoms with van der Waals surface area (Å²) in [4.78, 5) is 16.5. The van der Waals surface area contributed by atoms with E-state index >= 15 is 0 Å². The van der Waals surface area contributed by atoms with Crippen molar-refractivity contribution in [3.63, 3.8) is 0 Å². The van der Waals surface area contributed by atoms with Crippen LogP contribution < -0.4 is 5.32 Å². The van der Waals surface area contributed by atoms with E-state index in [1.807, 2.05) is 4.90 Å². The van der Waals surface area contributed by atoms with Gasteiger partial charge in [-0.1, -0.05) is 6.92 Å². The van der Waals surface area contributed by atoms with E-state index < -0.39 is 0 Å². The van der Waals surface area contributed by atoms with Gasteiger partial charge in [-0.3, -0.25) is 10.1 Å². The second-order valence-electron chi connectivity index (χ2n) is 5.24. The molecular formula is C13H25N3O. The van der Waals surface area contributed by atoms with Gasteiger partial charge in [0.05, 0.1) is 12.2 Å². The Bertz CT molecular complexity index is 263. The smallest absolute Gasteiger partial charge is 0.240 e. The average molecular weight is 239 g/mol. The van der Waals surface area contributed by atoms with Crippen LogP contribution in [-0.4, -0.2) is 54.1 Å². The molecule has 2 aliphatic heterocycles. The molecule has 98 valence electrons. The molecule has 17 heavy (non-hydrogen) atoms. The number of hydrogen-bond acceptors (Lipinski definition) is 3. The minimum atomic E-state index is 0.0526. The molecule has 2 heterocycles. The molecular weight excluding hydrogens is 214 g/mol. The minimum absolute atomic E-state index is 0.0526. The van der Waals surface area contributed by atoms with Crippen LogP contribution in [-0.2, 0) is 4.79 Å². The summed E-state index contributed by atoms with van der Waals surface area (Å²) in [5.74, 6) is 0.293. The second-order valence-corrected chi connectivity index (χ2v) is 5.24. The van der Waals surface area contributed by atoms with Crippen molar-refractivity contribution >= 4 is 5.91 Å². The molecule has 4 heteroatoms. The zero-order valence-corrected chi connectivity index (χ0v) is 11.1. The predicted molar refractivity (Wildman–Crippen MR) is 68.7 cm³/mol. The number of nitrogens with zero attached hydrogens (tertiary/aromatic N) is 2. The minimum Gasteiger partial charge on any atom is -0.326 e. The first-order chi connectivity index (χ1) is 8.22. The van der Waals surface area contributed by atoms with E-state index in [1.54, 1.807) is 0 Å². The Hall–Kier alpha value is -0.610. The summed E-state index contributed by atoms with van der Waals surface area (Å²) in [6.07, 6.45) is 4.91. The third-order valence-electron chi connectivity index (χ3n) is 3.97. The van der Waals surface area contributed by atoms with Gasteiger partial charge in [0.15, 0.2) is 0 Å². The maximum Gasteiger partial charge on any atom is 0.240 e. The Labute approximate surface area is 104 Å². The molecule has 1 amide bonds. The highest BCUT2D eigenvalue weighted by Gasteiger charge is 2.34. The van der Waals surface area contributed by atoms with Crippen molar-refractivity contribution in [2.45, 2.75) is 51.7 Å². The molecule has 2 atom stereocenters. The fourth-order valence-corrected chi connectivity index (χ4v) is 2.91. The number of carbonyl (C=O) groups excluding carboxylic acids is 1. The molecule has 0 bridgehead atoms. The van der Waals surface area contributed by atoms with E-state index in [4.69, 9.17) is 0 Å². The van der Waals surface area contributed by atoms with E-state index in [0.29, 0.717) is 5.91 Å². The van der Waals surface area contributed by atoms with Crippen LogP contribution in [0.5, 0.6) is 0 Å². The molecule has 2 unspecified atom stereocenters. The Kier molecular flexibility index (Phi) is 4.40. The van der Waals surface area contributed by atoms with Gasteiger partial charge in [0.1, 0.15) is 0 Å². The number of carbonyl (C=O) groups is 1. The Morgan fingerprint density at radius 1 is 1.29 bits per heavy atom. The first-order valence-electron chi connectivity index (χ1n) is 7.01. The molecule has 0 aromatic carbocycles. The molecule has 2 saturated heterocycles. The van der Waals surface area contributed by atoms with E-state index in [0.717, 1.165) is 25.9 Å². The lowest BCUT2D eigenvalue weighted by molar-refractivity contribution is -0.130. The molecule has 0 saturated carbocycles. The maximum atomic E-state index is 12.0. The fourth-order valence-electron chi connectivity index (χ4n) is 2.91. The normalized spacial score (nSPS) is 30.5. The lowest BCUT2D eigenvalue weighted by Crippen LogP contribution is -2.36. The maximum absolute atomic E-state index is 12.0. The Morgan fingerprint density at radius 3 is 2.59 bits per heavy atom. The zero-order valence-electron chi connectivity index (χ0n) is 11.1. The topological polar surface area (TPSA) is 35.6 Å². The highest BCUT2D eigenvalue weighted by molar-refractivity contribution is 5.84. The van der Waals surface area contributed by atoms with Crippen LogP contribution in [0, 0.1) is 0 Å². The fraction of sp³-hybridized carbons (Fsp3) is 0.923. The summed E-state index contributed by atoms with van der Waals surface area (Å²) in [7, 11) is 0. The summed E-state index contributed by atoms with van der Waals surface area (Å²) in [6, 6.07) is 0.0526. The molecule has 0 aromatic rings. The summed E-state index contributed by atoms with van der Waals surface area (Å²) >= 11 is 0. The van der Waals surface area contributed by atoms with Crippen molar-refractivity contribution in [3.8, 4) is 0 Å². The van der Waals surface area contributed by atoms with Crippen molar-refractivity contribution in [2.24, 2.45) is 0 Å². The van der Waals surface area contributed by atoms with Gasteiger partial charge in [0.25, 0.3) is 0 Å². The van der Waals surface area contributed by atoms with E-state index in [-0.39, 0.29) is 12.2 Å². The van der Waals surface area contributed by atoms with Crippen molar-refractivity contribution < 1.29 is 4.79 Å². The van der Waals surface area contributed by atoms with Crippen LogP contribution in [0.15, 0.2) is 0 Å². The van der Waals surface area contributed by atoms with Gasteiger partial charge in [0.2, 0.25) is 5.91 Å². The van der Waals surface area contributed by atoms with Crippen LogP contribution in [0.1, 0.15) is 39.5 Å². The highest BCUT2D eigenvalue weighted by Crippen LogP contribution is 2.14. The van der Waals surface area contributed by atoms with Gasteiger partial charge in [-0.05, 0) is 52.2 Å². The SMILES string of the molecule is CCC1NC(C)N(CCCN2CCCC2)C1=O. The molecule has 1 N–H and O–H groups in total. The van der Waals surface area contributed by atoms with Crippen LogP contribution in [0.4, 0.5) is 0 Å². The lowest BCUT2D eigenvalue weighted by Gasteiger charge is -2.22. The summed E-state index contributed by atoms with van der Waals surface area (Å²) in [5, 5.41) is 3.34. The summed E-state index contributed by atoms with van der Waals surface area (Å²) < 4.78 is 0. The van der Waals surface area contributed by atoms with Crippen LogP contribution in [0.3, 0.4) is 0 Å². The van der Waals surface area contributed by atoms with E-state index in [1.165, 1.54) is 25.9 Å². The molecule has 0 radical (unpaired) electrons. The average Bonchev–Trinajstić information content (AvgIpc) is 2.91. The highest BCUT2D eigenvalue weighted by atomic mass is 16.2. The second kappa shape index (κ2) is 5.83. The van der Waals surface area contributed by atoms with Gasteiger partial charge < -0.3 is 9.80 Å². The molecule has 2 rings (SSSR count). The van der Waals surface area contributed by atoms with Crippen LogP contribution in [0.2, 0.25) is 0 Å². The standard InChI is InChI=1S/C13H25N3O/c1-3-12-13(17)16(11(2)14-12)10-6-9-15-7-4-5-8-15/h11-12,14H,3-10H2,1-2H3. The predicted octanol–water partition coefficient (Wildman–Crippen LogP) is 1.03. The quantitative estimate of drug-likeness (QED) is 0.778. The van der Waals surface area contributed by atoms with Crippen LogP contribution >= 0.6 is 0 Å². The largest absolute Gasteiger partial charge is 0.326 e.